The van der Waals surface area contributed by atoms with Crippen LogP contribution in [0.15, 0.2) is 48.5 Å². The molecule has 0 saturated heterocycles. The van der Waals surface area contributed by atoms with Crippen LogP contribution in [0.5, 0.6) is 0 Å². The smallest absolute Gasteiger partial charge is 0.241 e. The fraction of sp³-hybridized carbons (Fsp3) is 0.300. The number of nitrogens with one attached hydrogen (secondary N) is 1. The van der Waals surface area contributed by atoms with Gasteiger partial charge in [0.15, 0.2) is 0 Å². The first-order chi connectivity index (χ1) is 11.2. The summed E-state index contributed by atoms with van der Waals surface area (Å²) in [7, 11) is 1.69. The molecular weight excluding hydrogens is 300 g/mol. The summed E-state index contributed by atoms with van der Waals surface area (Å²) in [6.45, 7) is 7.24. The Morgan fingerprint density at radius 2 is 1.58 bits per heavy atom. The molecule has 24 heavy (non-hydrogen) atoms. The third-order valence-corrected chi connectivity index (χ3v) is 4.40. The molecule has 0 aliphatic heterocycles. The highest BCUT2D eigenvalue weighted by Gasteiger charge is 2.38. The van der Waals surface area contributed by atoms with Crippen LogP contribution >= 0.6 is 0 Å². The van der Waals surface area contributed by atoms with Gasteiger partial charge in [0, 0.05) is 18.4 Å². The van der Waals surface area contributed by atoms with E-state index in [9.17, 15) is 9.59 Å². The average Bonchev–Trinajstić information content (AvgIpc) is 2.58. The zero-order chi connectivity index (χ0) is 17.9. The molecule has 0 spiro atoms. The molecule has 0 aliphatic carbocycles. The SMILES string of the molecule is Cc1cccc(NC(=O)C(C)(C)C(=O)N(C)c2ccccc2)c1C. The van der Waals surface area contributed by atoms with Crippen LogP contribution in [0, 0.1) is 19.3 Å². The van der Waals surface area contributed by atoms with E-state index in [0.717, 1.165) is 22.5 Å². The Balaban J connectivity index is 2.21. The summed E-state index contributed by atoms with van der Waals surface area (Å²) in [5.41, 5.74) is 2.42. The van der Waals surface area contributed by atoms with Crippen molar-refractivity contribution in [3.63, 3.8) is 0 Å². The zero-order valence-corrected chi connectivity index (χ0v) is 14.9. The summed E-state index contributed by atoms with van der Waals surface area (Å²) in [6, 6.07) is 15.0. The first-order valence-electron chi connectivity index (χ1n) is 7.96. The Morgan fingerprint density at radius 3 is 2.21 bits per heavy atom. The van der Waals surface area contributed by atoms with E-state index in [1.165, 1.54) is 4.90 Å². The number of rotatable bonds is 4. The second-order valence-corrected chi connectivity index (χ2v) is 6.53. The van der Waals surface area contributed by atoms with E-state index in [1.54, 1.807) is 20.9 Å². The first kappa shape index (κ1) is 17.7. The Bertz CT molecular complexity index is 751. The normalized spacial score (nSPS) is 11.0. The van der Waals surface area contributed by atoms with Gasteiger partial charge in [0.2, 0.25) is 11.8 Å². The van der Waals surface area contributed by atoms with E-state index in [1.807, 2.05) is 62.4 Å². The molecule has 0 bridgehead atoms. The summed E-state index contributed by atoms with van der Waals surface area (Å²) in [5.74, 6) is -0.569. The van der Waals surface area contributed by atoms with Gasteiger partial charge in [0.05, 0.1) is 0 Å². The highest BCUT2D eigenvalue weighted by Crippen LogP contribution is 2.26. The molecule has 0 aliphatic rings. The van der Waals surface area contributed by atoms with Crippen LogP contribution in [0.2, 0.25) is 0 Å². The number of carbonyl (C=O) groups excluding carboxylic acids is 2. The van der Waals surface area contributed by atoms with E-state index in [0.29, 0.717) is 0 Å². The van der Waals surface area contributed by atoms with Gasteiger partial charge in [-0.05, 0) is 57.0 Å². The van der Waals surface area contributed by atoms with Crippen molar-refractivity contribution in [3.05, 3.63) is 59.7 Å². The zero-order valence-electron chi connectivity index (χ0n) is 14.9. The highest BCUT2D eigenvalue weighted by atomic mass is 16.2. The molecule has 0 aromatic heterocycles. The van der Waals surface area contributed by atoms with Crippen LogP contribution in [0.3, 0.4) is 0 Å². The number of hydrogen-bond acceptors (Lipinski definition) is 2. The number of hydrogen-bond donors (Lipinski definition) is 1. The van der Waals surface area contributed by atoms with Crippen LogP contribution in [0.25, 0.3) is 0 Å². The lowest BCUT2D eigenvalue weighted by Crippen LogP contribution is -2.46. The van der Waals surface area contributed by atoms with Crippen LogP contribution in [0.4, 0.5) is 11.4 Å². The van der Waals surface area contributed by atoms with Gasteiger partial charge in [-0.3, -0.25) is 9.59 Å². The van der Waals surface area contributed by atoms with Crippen LogP contribution in [-0.4, -0.2) is 18.9 Å². The van der Waals surface area contributed by atoms with E-state index in [2.05, 4.69) is 5.32 Å². The number of nitrogens with zero attached hydrogens (tertiary/aromatic N) is 1. The van der Waals surface area contributed by atoms with Gasteiger partial charge in [0.1, 0.15) is 5.41 Å². The predicted molar refractivity (Wildman–Crippen MR) is 98.2 cm³/mol. The lowest BCUT2D eigenvalue weighted by atomic mass is 9.89. The molecule has 2 aromatic rings. The molecule has 1 N–H and O–H groups in total. The molecule has 2 rings (SSSR count). The second kappa shape index (κ2) is 6.87. The third-order valence-electron chi connectivity index (χ3n) is 4.40. The van der Waals surface area contributed by atoms with Gasteiger partial charge in [-0.15, -0.1) is 0 Å². The number of carbonyl (C=O) groups is 2. The summed E-state index contributed by atoms with van der Waals surface area (Å²) < 4.78 is 0. The highest BCUT2D eigenvalue weighted by molar-refractivity contribution is 6.14. The van der Waals surface area contributed by atoms with Gasteiger partial charge in [-0.2, -0.15) is 0 Å². The molecule has 0 heterocycles. The van der Waals surface area contributed by atoms with Gasteiger partial charge in [-0.1, -0.05) is 30.3 Å². The minimum Gasteiger partial charge on any atom is -0.325 e. The molecule has 126 valence electrons. The fourth-order valence-electron chi connectivity index (χ4n) is 2.45. The summed E-state index contributed by atoms with van der Waals surface area (Å²) in [4.78, 5) is 27.0. The lowest BCUT2D eigenvalue weighted by Gasteiger charge is -2.28. The van der Waals surface area contributed by atoms with Gasteiger partial charge < -0.3 is 10.2 Å². The maximum atomic E-state index is 12.8. The molecule has 0 saturated carbocycles. The fourth-order valence-corrected chi connectivity index (χ4v) is 2.45. The largest absolute Gasteiger partial charge is 0.325 e. The van der Waals surface area contributed by atoms with Crippen LogP contribution in [-0.2, 0) is 9.59 Å². The quantitative estimate of drug-likeness (QED) is 0.866. The Kier molecular flexibility index (Phi) is 5.07. The number of aryl methyl sites for hydroxylation is 1. The van der Waals surface area contributed by atoms with Crippen LogP contribution < -0.4 is 10.2 Å². The van der Waals surface area contributed by atoms with Crippen molar-refractivity contribution in [2.75, 3.05) is 17.3 Å². The van der Waals surface area contributed by atoms with Crippen molar-refractivity contribution in [1.82, 2.24) is 0 Å². The molecule has 0 radical (unpaired) electrons. The Hall–Kier alpha value is -2.62. The first-order valence-corrected chi connectivity index (χ1v) is 7.96. The number of amides is 2. The minimum atomic E-state index is -1.18. The molecule has 4 nitrogen and oxygen atoms in total. The van der Waals surface area contributed by atoms with Gasteiger partial charge >= 0.3 is 0 Å². The van der Waals surface area contributed by atoms with E-state index < -0.39 is 5.41 Å². The number of anilines is 2. The molecule has 0 atom stereocenters. The second-order valence-electron chi connectivity index (χ2n) is 6.53. The summed E-state index contributed by atoms with van der Waals surface area (Å²) >= 11 is 0. The lowest BCUT2D eigenvalue weighted by molar-refractivity contribution is -0.136. The maximum absolute atomic E-state index is 12.8. The molecule has 2 aromatic carbocycles. The predicted octanol–water partition coefficient (Wildman–Crippen LogP) is 3.93. The van der Waals surface area contributed by atoms with E-state index in [-0.39, 0.29) is 11.8 Å². The van der Waals surface area contributed by atoms with Crippen molar-refractivity contribution in [3.8, 4) is 0 Å². The molecule has 0 unspecified atom stereocenters. The van der Waals surface area contributed by atoms with Crippen molar-refractivity contribution in [2.45, 2.75) is 27.7 Å². The Morgan fingerprint density at radius 1 is 0.958 bits per heavy atom. The topological polar surface area (TPSA) is 49.4 Å². The van der Waals surface area contributed by atoms with Crippen molar-refractivity contribution in [1.29, 1.82) is 0 Å². The van der Waals surface area contributed by atoms with E-state index >= 15 is 0 Å². The third kappa shape index (κ3) is 3.48. The maximum Gasteiger partial charge on any atom is 0.241 e. The molecule has 4 heteroatoms. The van der Waals surface area contributed by atoms with Crippen molar-refractivity contribution in [2.24, 2.45) is 5.41 Å². The summed E-state index contributed by atoms with van der Waals surface area (Å²) in [6.07, 6.45) is 0. The number of benzene rings is 2. The minimum absolute atomic E-state index is 0.253. The summed E-state index contributed by atoms with van der Waals surface area (Å²) in [5, 5.41) is 2.89. The molecular formula is C20H24N2O2. The van der Waals surface area contributed by atoms with Gasteiger partial charge in [0.25, 0.3) is 0 Å². The number of para-hydroxylation sites is 1. The van der Waals surface area contributed by atoms with E-state index in [4.69, 9.17) is 0 Å². The van der Waals surface area contributed by atoms with Crippen LogP contribution in [0.1, 0.15) is 25.0 Å². The van der Waals surface area contributed by atoms with Gasteiger partial charge in [-0.25, -0.2) is 0 Å². The molecule has 2 amide bonds. The Labute approximate surface area is 143 Å². The standard InChI is InChI=1S/C20H24N2O2/c1-14-10-9-13-17(15(14)2)21-18(23)20(3,4)19(24)22(5)16-11-7-6-8-12-16/h6-13H,1-5H3,(H,21,23). The molecule has 0 fully saturated rings. The average molecular weight is 324 g/mol. The monoisotopic (exact) mass is 324 g/mol. The van der Waals surface area contributed by atoms with Crippen molar-refractivity contribution >= 4 is 23.2 Å². The van der Waals surface area contributed by atoms with Crippen molar-refractivity contribution < 1.29 is 9.59 Å².